The molecule has 0 aromatic heterocycles. The number of nitrogens with one attached hydrogen (secondary N) is 1. The molecular formula is C14H23NO4S. The molecule has 0 saturated heterocycles. The number of sulfonamides is 1. The molecule has 0 fully saturated rings. The number of rotatable bonds is 6. The van der Waals surface area contributed by atoms with E-state index >= 15 is 0 Å². The number of methoxy groups -OCH3 is 1. The molecule has 0 aliphatic rings. The van der Waals surface area contributed by atoms with Gasteiger partial charge in [0.2, 0.25) is 10.0 Å². The molecule has 1 aromatic rings. The van der Waals surface area contributed by atoms with E-state index in [1.807, 2.05) is 20.8 Å². The van der Waals surface area contributed by atoms with Crippen LogP contribution >= 0.6 is 0 Å². The average Bonchev–Trinajstić information content (AvgIpc) is 2.30. The lowest BCUT2D eigenvalue weighted by molar-refractivity contribution is 0.199. The first kappa shape index (κ1) is 16.8. The van der Waals surface area contributed by atoms with Crippen molar-refractivity contribution in [2.75, 3.05) is 24.2 Å². The van der Waals surface area contributed by atoms with E-state index in [1.165, 1.54) is 13.2 Å². The molecule has 0 unspecified atom stereocenters. The highest BCUT2D eigenvalue weighted by molar-refractivity contribution is 7.92. The summed E-state index contributed by atoms with van der Waals surface area (Å²) in [5.74, 6) is -0.117. The van der Waals surface area contributed by atoms with Crippen LogP contribution < -0.4 is 4.72 Å². The van der Waals surface area contributed by atoms with Crippen LogP contribution in [0.25, 0.3) is 0 Å². The van der Waals surface area contributed by atoms with Gasteiger partial charge < -0.3 is 9.84 Å². The summed E-state index contributed by atoms with van der Waals surface area (Å²) in [6.07, 6.45) is 0.408. The normalized spacial score (nSPS) is 12.4. The SMILES string of the molecule is COCCCS(=O)(=O)Nc1cc(C(C)(C)C)ccc1O. The predicted molar refractivity (Wildman–Crippen MR) is 80.7 cm³/mol. The molecule has 20 heavy (non-hydrogen) atoms. The first-order chi connectivity index (χ1) is 9.15. The second-order valence-corrected chi connectivity index (χ2v) is 7.59. The Hall–Kier alpha value is -1.27. The van der Waals surface area contributed by atoms with Gasteiger partial charge in [-0.2, -0.15) is 0 Å². The highest BCUT2D eigenvalue weighted by Gasteiger charge is 2.18. The molecule has 0 heterocycles. The van der Waals surface area contributed by atoms with E-state index < -0.39 is 10.0 Å². The van der Waals surface area contributed by atoms with Gasteiger partial charge in [-0.25, -0.2) is 8.42 Å². The van der Waals surface area contributed by atoms with E-state index in [4.69, 9.17) is 4.74 Å². The van der Waals surface area contributed by atoms with Gasteiger partial charge in [-0.1, -0.05) is 26.8 Å². The highest BCUT2D eigenvalue weighted by atomic mass is 32.2. The molecular weight excluding hydrogens is 278 g/mol. The Balaban J connectivity index is 2.91. The van der Waals surface area contributed by atoms with E-state index in [0.29, 0.717) is 13.0 Å². The van der Waals surface area contributed by atoms with Gasteiger partial charge in [0.1, 0.15) is 5.75 Å². The zero-order valence-electron chi connectivity index (χ0n) is 12.4. The average molecular weight is 301 g/mol. The minimum absolute atomic E-state index is 0.0416. The van der Waals surface area contributed by atoms with Crippen molar-refractivity contribution in [3.05, 3.63) is 23.8 Å². The van der Waals surface area contributed by atoms with Crippen molar-refractivity contribution in [3.63, 3.8) is 0 Å². The fourth-order valence-electron chi connectivity index (χ4n) is 1.70. The number of anilines is 1. The molecule has 2 N–H and O–H groups in total. The van der Waals surface area contributed by atoms with Crippen LogP contribution in [-0.2, 0) is 20.2 Å². The van der Waals surface area contributed by atoms with Crippen molar-refractivity contribution < 1.29 is 18.3 Å². The van der Waals surface area contributed by atoms with Crippen LogP contribution in [0.3, 0.4) is 0 Å². The van der Waals surface area contributed by atoms with Crippen LogP contribution in [0.4, 0.5) is 5.69 Å². The molecule has 0 aliphatic heterocycles. The van der Waals surface area contributed by atoms with Gasteiger partial charge in [-0.15, -0.1) is 0 Å². The lowest BCUT2D eigenvalue weighted by Crippen LogP contribution is -2.19. The molecule has 0 saturated carbocycles. The number of aromatic hydroxyl groups is 1. The summed E-state index contributed by atoms with van der Waals surface area (Å²) in [7, 11) is -1.96. The quantitative estimate of drug-likeness (QED) is 0.625. The maximum atomic E-state index is 11.9. The Bertz CT molecular complexity index is 547. The third-order valence-corrected chi connectivity index (χ3v) is 4.25. The Labute approximate surface area is 121 Å². The fraction of sp³-hybridized carbons (Fsp3) is 0.571. The van der Waals surface area contributed by atoms with Crippen molar-refractivity contribution in [1.82, 2.24) is 0 Å². The number of hydrogen-bond acceptors (Lipinski definition) is 4. The van der Waals surface area contributed by atoms with Crippen molar-refractivity contribution >= 4 is 15.7 Å². The maximum Gasteiger partial charge on any atom is 0.232 e. The first-order valence-electron chi connectivity index (χ1n) is 6.48. The fourth-order valence-corrected chi connectivity index (χ4v) is 2.79. The molecule has 0 amide bonds. The van der Waals surface area contributed by atoms with Gasteiger partial charge >= 0.3 is 0 Å². The van der Waals surface area contributed by atoms with Crippen molar-refractivity contribution in [2.45, 2.75) is 32.6 Å². The summed E-state index contributed by atoms with van der Waals surface area (Å²) in [6, 6.07) is 4.97. The van der Waals surface area contributed by atoms with Crippen LogP contribution in [0.2, 0.25) is 0 Å². The second kappa shape index (κ2) is 6.45. The molecule has 0 bridgehead atoms. The largest absolute Gasteiger partial charge is 0.506 e. The zero-order chi connectivity index (χ0) is 15.4. The van der Waals surface area contributed by atoms with Crippen LogP contribution in [0.1, 0.15) is 32.8 Å². The molecule has 0 aliphatic carbocycles. The standard InChI is InChI=1S/C14H23NO4S/c1-14(2,3)11-6-7-13(16)12(10-11)15-20(17,18)9-5-8-19-4/h6-7,10,15-16H,5,8-9H2,1-4H3. The number of hydrogen-bond donors (Lipinski definition) is 2. The third kappa shape index (κ3) is 5.02. The van der Waals surface area contributed by atoms with E-state index in [9.17, 15) is 13.5 Å². The number of ether oxygens (including phenoxy) is 1. The summed E-state index contributed by atoms with van der Waals surface area (Å²) in [4.78, 5) is 0. The monoisotopic (exact) mass is 301 g/mol. The minimum atomic E-state index is -3.48. The zero-order valence-corrected chi connectivity index (χ0v) is 13.3. The summed E-state index contributed by atoms with van der Waals surface area (Å²) in [5.41, 5.74) is 1.05. The molecule has 0 spiro atoms. The Morgan fingerprint density at radius 1 is 1.30 bits per heavy atom. The Morgan fingerprint density at radius 2 is 1.95 bits per heavy atom. The number of phenolic OH excluding ortho intramolecular Hbond substituents is 1. The number of benzene rings is 1. The number of phenols is 1. The summed E-state index contributed by atoms with van der Waals surface area (Å²) in [5, 5.41) is 9.78. The van der Waals surface area contributed by atoms with Gasteiger partial charge in [-0.05, 0) is 29.5 Å². The highest BCUT2D eigenvalue weighted by Crippen LogP contribution is 2.31. The lowest BCUT2D eigenvalue weighted by Gasteiger charge is -2.20. The maximum absolute atomic E-state index is 11.9. The van der Waals surface area contributed by atoms with E-state index in [1.54, 1.807) is 12.1 Å². The minimum Gasteiger partial charge on any atom is -0.506 e. The molecule has 114 valence electrons. The summed E-state index contributed by atoms with van der Waals surface area (Å²) in [6.45, 7) is 6.46. The van der Waals surface area contributed by atoms with Crippen molar-refractivity contribution in [3.8, 4) is 5.75 Å². The van der Waals surface area contributed by atoms with Crippen LogP contribution in [-0.4, -0.2) is 33.0 Å². The van der Waals surface area contributed by atoms with E-state index in [2.05, 4.69) is 4.72 Å². The summed E-state index contributed by atoms with van der Waals surface area (Å²) >= 11 is 0. The Morgan fingerprint density at radius 3 is 2.50 bits per heavy atom. The van der Waals surface area contributed by atoms with Crippen molar-refractivity contribution in [1.29, 1.82) is 0 Å². The van der Waals surface area contributed by atoms with Crippen LogP contribution in [0.15, 0.2) is 18.2 Å². The van der Waals surface area contributed by atoms with E-state index in [0.717, 1.165) is 5.56 Å². The van der Waals surface area contributed by atoms with Gasteiger partial charge in [0, 0.05) is 13.7 Å². The predicted octanol–water partition coefficient (Wildman–Crippen LogP) is 2.47. The third-order valence-electron chi connectivity index (χ3n) is 2.89. The molecule has 0 atom stereocenters. The van der Waals surface area contributed by atoms with Crippen LogP contribution in [0, 0.1) is 0 Å². The molecule has 5 nitrogen and oxygen atoms in total. The lowest BCUT2D eigenvalue weighted by atomic mass is 9.87. The molecule has 1 rings (SSSR count). The van der Waals surface area contributed by atoms with Gasteiger partial charge in [0.25, 0.3) is 0 Å². The smallest absolute Gasteiger partial charge is 0.232 e. The topological polar surface area (TPSA) is 75.6 Å². The van der Waals surface area contributed by atoms with Crippen molar-refractivity contribution in [2.24, 2.45) is 0 Å². The molecule has 0 radical (unpaired) electrons. The van der Waals surface area contributed by atoms with E-state index in [-0.39, 0.29) is 22.6 Å². The van der Waals surface area contributed by atoms with Gasteiger partial charge in [-0.3, -0.25) is 4.72 Å². The summed E-state index contributed by atoms with van der Waals surface area (Å²) < 4.78 is 31.1. The molecule has 6 heteroatoms. The van der Waals surface area contributed by atoms with Gasteiger partial charge in [0.15, 0.2) is 0 Å². The van der Waals surface area contributed by atoms with Crippen LogP contribution in [0.5, 0.6) is 5.75 Å². The Kier molecular flexibility index (Phi) is 5.42. The van der Waals surface area contributed by atoms with Gasteiger partial charge in [0.05, 0.1) is 11.4 Å². The second-order valence-electron chi connectivity index (χ2n) is 5.75. The first-order valence-corrected chi connectivity index (χ1v) is 8.14. The molecule has 1 aromatic carbocycles.